The van der Waals surface area contributed by atoms with Crippen LogP contribution in [0.3, 0.4) is 0 Å². The van der Waals surface area contributed by atoms with Gasteiger partial charge >= 0.3 is 0 Å². The van der Waals surface area contributed by atoms with Gasteiger partial charge in [-0.1, -0.05) is 36.4 Å². The highest BCUT2D eigenvalue weighted by molar-refractivity contribution is 6.23. The summed E-state index contributed by atoms with van der Waals surface area (Å²) in [5.41, 5.74) is 0.954. The van der Waals surface area contributed by atoms with Gasteiger partial charge in [-0.15, -0.1) is 0 Å². The van der Waals surface area contributed by atoms with Crippen LogP contribution in [0.4, 0.5) is 10.1 Å². The molecule has 30 heavy (non-hydrogen) atoms. The van der Waals surface area contributed by atoms with Gasteiger partial charge in [-0.3, -0.25) is 19.4 Å². The lowest BCUT2D eigenvalue weighted by atomic mass is 10.1. The Bertz CT molecular complexity index is 1090. The Balaban J connectivity index is 1.71. The quantitative estimate of drug-likeness (QED) is 0.614. The predicted octanol–water partition coefficient (Wildman–Crippen LogP) is 3.20. The van der Waals surface area contributed by atoms with Crippen LogP contribution in [-0.2, 0) is 16.1 Å². The molecule has 1 atom stereocenters. The Kier molecular flexibility index (Phi) is 5.34. The average Bonchev–Trinajstić information content (AvgIpc) is 3.07. The molecule has 2 heterocycles. The third-order valence-electron chi connectivity index (χ3n) is 4.95. The third kappa shape index (κ3) is 3.69. The van der Waals surface area contributed by atoms with Crippen LogP contribution in [0.1, 0.15) is 22.3 Å². The minimum Gasteiger partial charge on any atom is -0.322 e. The van der Waals surface area contributed by atoms with E-state index in [0.29, 0.717) is 11.3 Å². The molecule has 2 aromatic carbocycles. The number of benzene rings is 2. The van der Waals surface area contributed by atoms with Crippen LogP contribution in [0, 0.1) is 5.82 Å². The summed E-state index contributed by atoms with van der Waals surface area (Å²) in [6.07, 6.45) is 2.99. The van der Waals surface area contributed by atoms with Crippen molar-refractivity contribution < 1.29 is 18.8 Å². The van der Waals surface area contributed by atoms with Crippen LogP contribution in [0.15, 0.2) is 79.1 Å². The first kappa shape index (κ1) is 19.4. The zero-order valence-corrected chi connectivity index (χ0v) is 15.9. The van der Waals surface area contributed by atoms with E-state index in [1.54, 1.807) is 60.9 Å². The van der Waals surface area contributed by atoms with Crippen LogP contribution in [0.2, 0.25) is 0 Å². The SMILES string of the molecule is O=C1CC(N(Cc2cccnc2)C(=O)c2ccccc2F)C(=O)N1c1ccccc1. The average molecular weight is 403 g/mol. The molecule has 7 heteroatoms. The fourth-order valence-corrected chi connectivity index (χ4v) is 3.51. The van der Waals surface area contributed by atoms with E-state index in [4.69, 9.17) is 0 Å². The molecule has 1 aliphatic heterocycles. The molecule has 0 bridgehead atoms. The van der Waals surface area contributed by atoms with E-state index in [0.717, 1.165) is 4.90 Å². The van der Waals surface area contributed by atoms with Gasteiger partial charge in [0.2, 0.25) is 5.91 Å². The Morgan fingerprint density at radius 3 is 2.47 bits per heavy atom. The van der Waals surface area contributed by atoms with E-state index in [2.05, 4.69) is 4.98 Å². The van der Waals surface area contributed by atoms with E-state index < -0.39 is 29.6 Å². The summed E-state index contributed by atoms with van der Waals surface area (Å²) in [7, 11) is 0. The Hall–Kier alpha value is -3.87. The molecule has 1 fully saturated rings. The molecule has 0 radical (unpaired) electrons. The van der Waals surface area contributed by atoms with Crippen LogP contribution in [0.25, 0.3) is 0 Å². The second-order valence-corrected chi connectivity index (χ2v) is 6.90. The smallest absolute Gasteiger partial charge is 0.257 e. The van der Waals surface area contributed by atoms with Gasteiger partial charge in [0, 0.05) is 18.9 Å². The zero-order chi connectivity index (χ0) is 21.1. The van der Waals surface area contributed by atoms with Crippen molar-refractivity contribution in [3.8, 4) is 0 Å². The van der Waals surface area contributed by atoms with E-state index in [1.807, 2.05) is 0 Å². The molecule has 3 aromatic rings. The van der Waals surface area contributed by atoms with Crippen LogP contribution < -0.4 is 4.90 Å². The Labute approximate surface area is 172 Å². The number of hydrogen-bond acceptors (Lipinski definition) is 4. The van der Waals surface area contributed by atoms with Gasteiger partial charge in [0.05, 0.1) is 17.7 Å². The summed E-state index contributed by atoms with van der Waals surface area (Å²) >= 11 is 0. The van der Waals surface area contributed by atoms with E-state index >= 15 is 0 Å². The highest BCUT2D eigenvalue weighted by atomic mass is 19.1. The van der Waals surface area contributed by atoms with Gasteiger partial charge in [-0.25, -0.2) is 9.29 Å². The monoisotopic (exact) mass is 403 g/mol. The molecule has 3 amide bonds. The van der Waals surface area contributed by atoms with Crippen molar-refractivity contribution in [2.75, 3.05) is 4.90 Å². The number of halogens is 1. The van der Waals surface area contributed by atoms with E-state index in [-0.39, 0.29) is 18.5 Å². The maximum absolute atomic E-state index is 14.3. The molecule has 6 nitrogen and oxygen atoms in total. The third-order valence-corrected chi connectivity index (χ3v) is 4.95. The molecular formula is C23H18FN3O3. The summed E-state index contributed by atoms with van der Waals surface area (Å²) in [5.74, 6) is -2.26. The minimum absolute atomic E-state index is 0.0212. The van der Waals surface area contributed by atoms with Crippen LogP contribution >= 0.6 is 0 Å². The van der Waals surface area contributed by atoms with Gasteiger partial charge in [-0.2, -0.15) is 0 Å². The van der Waals surface area contributed by atoms with Crippen molar-refractivity contribution in [2.24, 2.45) is 0 Å². The van der Waals surface area contributed by atoms with Crippen LogP contribution in [-0.4, -0.2) is 33.6 Å². The minimum atomic E-state index is -1.04. The normalized spacial score (nSPS) is 16.0. The summed E-state index contributed by atoms with van der Waals surface area (Å²) in [6, 6.07) is 16.6. The van der Waals surface area contributed by atoms with Crippen molar-refractivity contribution in [1.29, 1.82) is 0 Å². The van der Waals surface area contributed by atoms with Crippen molar-refractivity contribution >= 4 is 23.4 Å². The Morgan fingerprint density at radius 1 is 1.03 bits per heavy atom. The van der Waals surface area contributed by atoms with Gasteiger partial charge in [-0.05, 0) is 35.9 Å². The number of para-hydroxylation sites is 1. The molecule has 1 aliphatic rings. The molecule has 0 N–H and O–H groups in total. The topological polar surface area (TPSA) is 70.6 Å². The fourth-order valence-electron chi connectivity index (χ4n) is 3.51. The predicted molar refractivity (Wildman–Crippen MR) is 108 cm³/mol. The van der Waals surface area contributed by atoms with Crippen molar-refractivity contribution in [3.63, 3.8) is 0 Å². The van der Waals surface area contributed by atoms with E-state index in [1.165, 1.54) is 23.1 Å². The van der Waals surface area contributed by atoms with Crippen molar-refractivity contribution in [3.05, 3.63) is 96.1 Å². The second-order valence-electron chi connectivity index (χ2n) is 6.90. The summed E-state index contributed by atoms with van der Waals surface area (Å²) in [6.45, 7) is 0.0212. The number of amides is 3. The van der Waals surface area contributed by atoms with E-state index in [9.17, 15) is 18.8 Å². The fraction of sp³-hybridized carbons (Fsp3) is 0.130. The van der Waals surface area contributed by atoms with Gasteiger partial charge in [0.25, 0.3) is 11.8 Å². The number of aromatic nitrogens is 1. The lowest BCUT2D eigenvalue weighted by Gasteiger charge is -2.28. The molecule has 1 saturated heterocycles. The maximum Gasteiger partial charge on any atom is 0.257 e. The van der Waals surface area contributed by atoms with Gasteiger partial charge < -0.3 is 4.90 Å². The van der Waals surface area contributed by atoms with Gasteiger partial charge in [0.1, 0.15) is 11.9 Å². The number of carbonyl (C=O) groups excluding carboxylic acids is 3. The molecule has 150 valence electrons. The molecule has 0 aliphatic carbocycles. The number of hydrogen-bond donors (Lipinski definition) is 0. The standard InChI is InChI=1S/C23H18FN3O3/c24-19-11-5-4-10-18(19)22(29)26(15-16-7-6-12-25-14-16)20-13-21(28)27(23(20)30)17-8-2-1-3-9-17/h1-12,14,20H,13,15H2. The largest absolute Gasteiger partial charge is 0.322 e. The molecule has 1 aromatic heterocycles. The van der Waals surface area contributed by atoms with Crippen LogP contribution in [0.5, 0.6) is 0 Å². The first-order valence-electron chi connectivity index (χ1n) is 9.42. The number of imide groups is 1. The lowest BCUT2D eigenvalue weighted by molar-refractivity contribution is -0.122. The molecule has 1 unspecified atom stereocenters. The Morgan fingerprint density at radius 2 is 1.77 bits per heavy atom. The molecule has 4 rings (SSSR count). The maximum atomic E-state index is 14.3. The number of pyridine rings is 1. The van der Waals surface area contributed by atoms with Crippen molar-refractivity contribution in [1.82, 2.24) is 9.88 Å². The molecule has 0 saturated carbocycles. The first-order chi connectivity index (χ1) is 14.6. The summed E-state index contributed by atoms with van der Waals surface area (Å²) in [4.78, 5) is 45.4. The number of anilines is 1. The number of rotatable bonds is 5. The summed E-state index contributed by atoms with van der Waals surface area (Å²) < 4.78 is 14.3. The highest BCUT2D eigenvalue weighted by Gasteiger charge is 2.44. The van der Waals surface area contributed by atoms with Crippen molar-refractivity contribution in [2.45, 2.75) is 19.0 Å². The first-order valence-corrected chi connectivity index (χ1v) is 9.42. The number of nitrogens with zero attached hydrogens (tertiary/aromatic N) is 3. The zero-order valence-electron chi connectivity index (χ0n) is 15.9. The highest BCUT2D eigenvalue weighted by Crippen LogP contribution is 2.28. The lowest BCUT2D eigenvalue weighted by Crippen LogP contribution is -2.45. The number of carbonyl (C=O) groups is 3. The second kappa shape index (κ2) is 8.24. The molecular weight excluding hydrogens is 385 g/mol. The summed E-state index contributed by atoms with van der Waals surface area (Å²) in [5, 5.41) is 0. The van der Waals surface area contributed by atoms with Gasteiger partial charge in [0.15, 0.2) is 0 Å². The molecule has 0 spiro atoms.